The Morgan fingerprint density at radius 2 is 1.92 bits per heavy atom. The highest BCUT2D eigenvalue weighted by atomic mass is 16.4. The summed E-state index contributed by atoms with van der Waals surface area (Å²) in [6, 6.07) is 0. The number of unbranched alkanes of at least 4 members (excludes halogenated alkanes) is 3. The first-order valence-corrected chi connectivity index (χ1v) is 9.55. The molecular weight excluding hydrogens is 320 g/mol. The monoisotopic (exact) mass is 354 g/mol. The molecule has 1 aliphatic carbocycles. The normalized spacial score (nSPS) is 28.2. The Labute approximate surface area is 151 Å². The maximum absolute atomic E-state index is 10.5. The van der Waals surface area contributed by atoms with E-state index in [0.29, 0.717) is 25.7 Å². The number of hydrogen-bond acceptors (Lipinski definition) is 4. The highest BCUT2D eigenvalue weighted by molar-refractivity contribution is 5.66. The molecule has 0 aromatic carbocycles. The van der Waals surface area contributed by atoms with Crippen molar-refractivity contribution < 1.29 is 25.2 Å². The van der Waals surface area contributed by atoms with Crippen LogP contribution in [0.25, 0.3) is 0 Å². The van der Waals surface area contributed by atoms with E-state index in [0.717, 1.165) is 25.7 Å². The van der Waals surface area contributed by atoms with Gasteiger partial charge >= 0.3 is 5.97 Å². The standard InChI is InChI=1S/C20H34O5/c1-2-3-6-9-15(21)12-13-17-16(18(22)14-19(17)23)10-7-4-5-8-11-20(24)25/h4,7,12-13,15-19,21-23H,2-3,5-6,8-11,14H2,1H3,(H,24,25)/b7-4-,13-12+/t15-,16-,17-,18+,19-/m0/s1. The molecule has 0 saturated heterocycles. The summed E-state index contributed by atoms with van der Waals surface area (Å²) in [5.41, 5.74) is 0. The zero-order chi connectivity index (χ0) is 18.7. The van der Waals surface area contributed by atoms with Gasteiger partial charge in [-0.25, -0.2) is 0 Å². The van der Waals surface area contributed by atoms with Crippen molar-refractivity contribution in [3.8, 4) is 0 Å². The van der Waals surface area contributed by atoms with Gasteiger partial charge in [0.2, 0.25) is 0 Å². The van der Waals surface area contributed by atoms with Crippen LogP contribution < -0.4 is 0 Å². The maximum atomic E-state index is 10.5. The highest BCUT2D eigenvalue weighted by Gasteiger charge is 2.39. The molecule has 5 nitrogen and oxygen atoms in total. The van der Waals surface area contributed by atoms with Crippen LogP contribution in [0.5, 0.6) is 0 Å². The van der Waals surface area contributed by atoms with Crippen molar-refractivity contribution in [2.24, 2.45) is 11.8 Å². The predicted molar refractivity (Wildman–Crippen MR) is 98.1 cm³/mol. The summed E-state index contributed by atoms with van der Waals surface area (Å²) in [6.45, 7) is 2.12. The number of aliphatic carboxylic acids is 1. The van der Waals surface area contributed by atoms with E-state index < -0.39 is 24.3 Å². The summed E-state index contributed by atoms with van der Waals surface area (Å²) in [6.07, 6.45) is 12.3. The Hall–Kier alpha value is -1.17. The smallest absolute Gasteiger partial charge is 0.303 e. The second-order valence-corrected chi connectivity index (χ2v) is 7.05. The van der Waals surface area contributed by atoms with E-state index in [9.17, 15) is 20.1 Å². The average Bonchev–Trinajstić information content (AvgIpc) is 2.82. The average molecular weight is 354 g/mol. The van der Waals surface area contributed by atoms with Crippen molar-refractivity contribution in [3.63, 3.8) is 0 Å². The third kappa shape index (κ3) is 8.66. The predicted octanol–water partition coefficient (Wildman–Crippen LogP) is 3.04. The summed E-state index contributed by atoms with van der Waals surface area (Å²) in [5, 5.41) is 39.0. The Bertz CT molecular complexity index is 432. The molecule has 1 aliphatic rings. The van der Waals surface area contributed by atoms with Crippen LogP contribution in [0, 0.1) is 11.8 Å². The molecule has 144 valence electrons. The van der Waals surface area contributed by atoms with Crippen molar-refractivity contribution in [3.05, 3.63) is 24.3 Å². The molecule has 0 radical (unpaired) electrons. The zero-order valence-corrected chi connectivity index (χ0v) is 15.3. The lowest BCUT2D eigenvalue weighted by molar-refractivity contribution is -0.137. The molecule has 0 bridgehead atoms. The lowest BCUT2D eigenvalue weighted by Crippen LogP contribution is -2.20. The van der Waals surface area contributed by atoms with E-state index in [1.54, 1.807) is 6.08 Å². The van der Waals surface area contributed by atoms with Gasteiger partial charge in [-0.2, -0.15) is 0 Å². The number of carboxylic acid groups (broad SMARTS) is 1. The van der Waals surface area contributed by atoms with Crippen LogP contribution in [0.1, 0.15) is 64.7 Å². The molecule has 0 aromatic heterocycles. The van der Waals surface area contributed by atoms with E-state index in [2.05, 4.69) is 6.92 Å². The van der Waals surface area contributed by atoms with E-state index in [-0.39, 0.29) is 18.3 Å². The minimum atomic E-state index is -0.787. The van der Waals surface area contributed by atoms with E-state index in [4.69, 9.17) is 5.11 Å². The van der Waals surface area contributed by atoms with Crippen LogP contribution in [0.3, 0.4) is 0 Å². The molecule has 25 heavy (non-hydrogen) atoms. The van der Waals surface area contributed by atoms with Crippen LogP contribution >= 0.6 is 0 Å². The minimum absolute atomic E-state index is 0.0650. The second kappa shape index (κ2) is 12.2. The van der Waals surface area contributed by atoms with Gasteiger partial charge in [-0.05, 0) is 31.6 Å². The first-order chi connectivity index (χ1) is 12.0. The van der Waals surface area contributed by atoms with Gasteiger partial charge in [0.1, 0.15) is 0 Å². The van der Waals surface area contributed by atoms with Gasteiger partial charge in [0, 0.05) is 18.8 Å². The Kier molecular flexibility index (Phi) is 10.7. The molecule has 5 heteroatoms. The Balaban J connectivity index is 2.46. The fourth-order valence-corrected chi connectivity index (χ4v) is 3.41. The molecular formula is C20H34O5. The molecule has 0 aromatic rings. The molecule has 0 amide bonds. The Morgan fingerprint density at radius 3 is 2.60 bits per heavy atom. The lowest BCUT2D eigenvalue weighted by Gasteiger charge is -2.19. The largest absolute Gasteiger partial charge is 0.481 e. The van der Waals surface area contributed by atoms with Crippen molar-refractivity contribution in [1.29, 1.82) is 0 Å². The summed E-state index contributed by atoms with van der Waals surface area (Å²) in [5.74, 6) is -1.00. The molecule has 5 atom stereocenters. The summed E-state index contributed by atoms with van der Waals surface area (Å²) in [4.78, 5) is 10.5. The molecule has 0 spiro atoms. The SMILES string of the molecule is CCCCC[C@H](O)/C=C/[C@H]1[C@H](C/C=C\CCCC(=O)O)[C@H](O)C[C@@H]1O. The summed E-state index contributed by atoms with van der Waals surface area (Å²) in [7, 11) is 0. The van der Waals surface area contributed by atoms with Crippen LogP contribution in [-0.2, 0) is 4.79 Å². The molecule has 4 N–H and O–H groups in total. The van der Waals surface area contributed by atoms with Gasteiger partial charge in [0.05, 0.1) is 18.3 Å². The third-order valence-electron chi connectivity index (χ3n) is 4.91. The first kappa shape index (κ1) is 21.9. The van der Waals surface area contributed by atoms with Crippen molar-refractivity contribution >= 4 is 5.97 Å². The molecule has 1 rings (SSSR count). The zero-order valence-electron chi connectivity index (χ0n) is 15.3. The molecule has 1 saturated carbocycles. The number of carbonyl (C=O) groups is 1. The van der Waals surface area contributed by atoms with Crippen molar-refractivity contribution in [2.45, 2.75) is 83.0 Å². The number of aliphatic hydroxyl groups excluding tert-OH is 3. The number of hydrogen-bond donors (Lipinski definition) is 4. The fourth-order valence-electron chi connectivity index (χ4n) is 3.41. The van der Waals surface area contributed by atoms with Crippen molar-refractivity contribution in [2.75, 3.05) is 0 Å². The van der Waals surface area contributed by atoms with Crippen LogP contribution in [0.4, 0.5) is 0 Å². The number of allylic oxidation sites excluding steroid dienone is 2. The number of aliphatic hydroxyl groups is 3. The van der Waals surface area contributed by atoms with Gasteiger partial charge in [0.15, 0.2) is 0 Å². The van der Waals surface area contributed by atoms with Gasteiger partial charge in [-0.1, -0.05) is 50.5 Å². The minimum Gasteiger partial charge on any atom is -0.481 e. The van der Waals surface area contributed by atoms with Gasteiger partial charge in [-0.15, -0.1) is 0 Å². The van der Waals surface area contributed by atoms with E-state index >= 15 is 0 Å². The maximum Gasteiger partial charge on any atom is 0.303 e. The second-order valence-electron chi connectivity index (χ2n) is 7.05. The van der Waals surface area contributed by atoms with Crippen LogP contribution in [0.2, 0.25) is 0 Å². The van der Waals surface area contributed by atoms with Gasteiger partial charge < -0.3 is 20.4 Å². The van der Waals surface area contributed by atoms with E-state index in [1.807, 2.05) is 18.2 Å². The van der Waals surface area contributed by atoms with Gasteiger partial charge in [0.25, 0.3) is 0 Å². The lowest BCUT2D eigenvalue weighted by atomic mass is 9.89. The van der Waals surface area contributed by atoms with Crippen LogP contribution in [-0.4, -0.2) is 44.7 Å². The molecule has 0 unspecified atom stereocenters. The third-order valence-corrected chi connectivity index (χ3v) is 4.91. The summed E-state index contributed by atoms with van der Waals surface area (Å²) >= 11 is 0. The van der Waals surface area contributed by atoms with Crippen LogP contribution in [0.15, 0.2) is 24.3 Å². The first-order valence-electron chi connectivity index (χ1n) is 9.55. The van der Waals surface area contributed by atoms with E-state index in [1.165, 1.54) is 0 Å². The quantitative estimate of drug-likeness (QED) is 0.319. The molecule has 0 heterocycles. The Morgan fingerprint density at radius 1 is 1.16 bits per heavy atom. The highest BCUT2D eigenvalue weighted by Crippen LogP contribution is 2.36. The topological polar surface area (TPSA) is 98.0 Å². The van der Waals surface area contributed by atoms with Crippen molar-refractivity contribution in [1.82, 2.24) is 0 Å². The summed E-state index contributed by atoms with van der Waals surface area (Å²) < 4.78 is 0. The fraction of sp³-hybridized carbons (Fsp3) is 0.750. The molecule has 1 fully saturated rings. The molecule has 0 aliphatic heterocycles. The van der Waals surface area contributed by atoms with Gasteiger partial charge in [-0.3, -0.25) is 4.79 Å². The number of rotatable bonds is 12. The number of carboxylic acids is 1.